The van der Waals surface area contributed by atoms with Crippen LogP contribution in [-0.2, 0) is 26.6 Å². The number of sulfonamides is 1. The molecule has 0 bridgehead atoms. The number of benzene rings is 1. The van der Waals surface area contributed by atoms with Crippen molar-refractivity contribution in [3.63, 3.8) is 0 Å². The van der Waals surface area contributed by atoms with Crippen LogP contribution in [0.5, 0.6) is 0 Å². The molecule has 3 rings (SSSR count). The highest BCUT2D eigenvalue weighted by molar-refractivity contribution is 7.88. The van der Waals surface area contributed by atoms with E-state index >= 15 is 0 Å². The summed E-state index contributed by atoms with van der Waals surface area (Å²) in [4.78, 5) is 0. The van der Waals surface area contributed by atoms with Gasteiger partial charge in [-0.15, -0.1) is 0 Å². The Hall–Kier alpha value is -1.66. The molecule has 1 aromatic heterocycles. The molecule has 1 aliphatic rings. The molecule has 2 aromatic rings. The van der Waals surface area contributed by atoms with E-state index < -0.39 is 10.0 Å². The van der Waals surface area contributed by atoms with E-state index in [1.807, 2.05) is 39.0 Å². The Kier molecular flexibility index (Phi) is 4.77. The van der Waals surface area contributed by atoms with Gasteiger partial charge in [-0.05, 0) is 18.4 Å². The molecule has 1 heterocycles. The zero-order valence-electron chi connectivity index (χ0n) is 15.1. The van der Waals surface area contributed by atoms with Crippen molar-refractivity contribution in [3.05, 3.63) is 53.4 Å². The quantitative estimate of drug-likeness (QED) is 0.853. The van der Waals surface area contributed by atoms with E-state index in [1.165, 1.54) is 5.56 Å². The van der Waals surface area contributed by atoms with Gasteiger partial charge in [0.15, 0.2) is 0 Å². The van der Waals surface area contributed by atoms with Crippen molar-refractivity contribution in [3.8, 4) is 0 Å². The molecular formula is C19H26N2O3S. The Bertz CT molecular complexity index is 816. The van der Waals surface area contributed by atoms with Crippen LogP contribution in [0.15, 0.2) is 40.9 Å². The van der Waals surface area contributed by atoms with Gasteiger partial charge in [-0.25, -0.2) is 13.1 Å². The van der Waals surface area contributed by atoms with Gasteiger partial charge in [0, 0.05) is 23.4 Å². The van der Waals surface area contributed by atoms with Crippen LogP contribution in [0.4, 0.5) is 0 Å². The molecule has 25 heavy (non-hydrogen) atoms. The minimum absolute atomic E-state index is 0.0747. The average Bonchev–Trinajstić information content (AvgIpc) is 2.95. The normalized spacial score (nSPS) is 17.2. The Morgan fingerprint density at radius 3 is 2.40 bits per heavy atom. The monoisotopic (exact) mass is 362 g/mol. The first-order chi connectivity index (χ1) is 11.7. The van der Waals surface area contributed by atoms with Crippen LogP contribution in [0.2, 0.25) is 0 Å². The summed E-state index contributed by atoms with van der Waals surface area (Å²) in [5.41, 5.74) is 1.39. The van der Waals surface area contributed by atoms with Crippen molar-refractivity contribution in [1.82, 2.24) is 9.88 Å². The molecule has 1 aliphatic carbocycles. The molecule has 5 nitrogen and oxygen atoms in total. The molecule has 0 unspecified atom stereocenters. The maximum Gasteiger partial charge on any atom is 0.217 e. The molecule has 1 saturated carbocycles. The van der Waals surface area contributed by atoms with E-state index in [-0.39, 0.29) is 16.6 Å². The van der Waals surface area contributed by atoms with Crippen molar-refractivity contribution in [2.75, 3.05) is 6.54 Å². The SMILES string of the molecule is CC(C)(C)c1cc(CS(=O)(=O)NCC2(c3ccccc3)CCC2)no1. The zero-order chi connectivity index (χ0) is 18.1. The lowest BCUT2D eigenvalue weighted by atomic mass is 9.64. The third-order valence-corrected chi connectivity index (χ3v) is 6.22. The van der Waals surface area contributed by atoms with Gasteiger partial charge in [-0.1, -0.05) is 62.7 Å². The minimum atomic E-state index is -3.46. The molecule has 1 aromatic carbocycles. The van der Waals surface area contributed by atoms with Crippen LogP contribution in [0.1, 0.15) is 57.1 Å². The third-order valence-electron chi connectivity index (χ3n) is 4.96. The third kappa shape index (κ3) is 4.12. The van der Waals surface area contributed by atoms with Crippen LogP contribution in [0.25, 0.3) is 0 Å². The number of hydrogen-bond acceptors (Lipinski definition) is 4. The van der Waals surface area contributed by atoms with E-state index in [2.05, 4.69) is 22.0 Å². The highest BCUT2D eigenvalue weighted by Crippen LogP contribution is 2.43. The molecule has 1 N–H and O–H groups in total. The topological polar surface area (TPSA) is 72.2 Å². The van der Waals surface area contributed by atoms with Gasteiger partial charge in [0.2, 0.25) is 10.0 Å². The molecule has 136 valence electrons. The van der Waals surface area contributed by atoms with Gasteiger partial charge in [0.05, 0.1) is 0 Å². The van der Waals surface area contributed by atoms with Crippen molar-refractivity contribution in [2.24, 2.45) is 0 Å². The van der Waals surface area contributed by atoms with Crippen molar-refractivity contribution in [2.45, 2.75) is 56.6 Å². The maximum absolute atomic E-state index is 12.5. The molecule has 0 saturated heterocycles. The lowest BCUT2D eigenvalue weighted by molar-refractivity contribution is 0.245. The molecule has 0 spiro atoms. The number of rotatable bonds is 6. The Labute approximate surface area is 149 Å². The van der Waals surface area contributed by atoms with Crippen LogP contribution in [0, 0.1) is 0 Å². The fourth-order valence-electron chi connectivity index (χ4n) is 3.19. The second-order valence-electron chi connectivity index (χ2n) is 8.01. The lowest BCUT2D eigenvalue weighted by Crippen LogP contribution is -2.45. The molecule has 6 heteroatoms. The van der Waals surface area contributed by atoms with E-state index in [4.69, 9.17) is 4.52 Å². The predicted molar refractivity (Wildman–Crippen MR) is 97.8 cm³/mol. The van der Waals surface area contributed by atoms with Gasteiger partial charge < -0.3 is 4.52 Å². The fourth-order valence-corrected chi connectivity index (χ4v) is 4.31. The summed E-state index contributed by atoms with van der Waals surface area (Å²) in [7, 11) is -3.46. The van der Waals surface area contributed by atoms with Gasteiger partial charge in [-0.3, -0.25) is 0 Å². The van der Waals surface area contributed by atoms with Crippen molar-refractivity contribution in [1.29, 1.82) is 0 Å². The Morgan fingerprint density at radius 1 is 1.20 bits per heavy atom. The standard InChI is InChI=1S/C19H26N2O3S/c1-18(2,3)17-12-16(21-24-17)13-25(22,23)20-14-19(10-7-11-19)15-8-5-4-6-9-15/h4-6,8-9,12,20H,7,10-11,13-14H2,1-3H3. The Balaban J connectivity index is 1.67. The average molecular weight is 362 g/mol. The maximum atomic E-state index is 12.5. The predicted octanol–water partition coefficient (Wildman–Crippen LogP) is 3.51. The molecule has 1 fully saturated rings. The van der Waals surface area contributed by atoms with E-state index in [0.717, 1.165) is 19.3 Å². The fraction of sp³-hybridized carbons (Fsp3) is 0.526. The molecular weight excluding hydrogens is 336 g/mol. The number of aromatic nitrogens is 1. The van der Waals surface area contributed by atoms with Crippen LogP contribution < -0.4 is 4.72 Å². The summed E-state index contributed by atoms with van der Waals surface area (Å²) in [6.45, 7) is 6.45. The first-order valence-electron chi connectivity index (χ1n) is 8.69. The number of nitrogens with one attached hydrogen (secondary N) is 1. The smallest absolute Gasteiger partial charge is 0.217 e. The Morgan fingerprint density at radius 2 is 1.88 bits per heavy atom. The summed E-state index contributed by atoms with van der Waals surface area (Å²) in [5, 5.41) is 3.91. The molecule has 0 radical (unpaired) electrons. The highest BCUT2D eigenvalue weighted by Gasteiger charge is 2.39. The molecule has 0 atom stereocenters. The second-order valence-corrected chi connectivity index (χ2v) is 9.82. The summed E-state index contributed by atoms with van der Waals surface area (Å²) in [6, 6.07) is 11.9. The zero-order valence-corrected chi connectivity index (χ0v) is 15.9. The molecule has 0 amide bonds. The van der Waals surface area contributed by atoms with Gasteiger partial charge in [0.25, 0.3) is 0 Å². The highest BCUT2D eigenvalue weighted by atomic mass is 32.2. The first-order valence-corrected chi connectivity index (χ1v) is 10.3. The van der Waals surface area contributed by atoms with Crippen LogP contribution >= 0.6 is 0 Å². The summed E-state index contributed by atoms with van der Waals surface area (Å²) in [6.07, 6.45) is 3.16. The summed E-state index contributed by atoms with van der Waals surface area (Å²) < 4.78 is 33.0. The van der Waals surface area contributed by atoms with Crippen LogP contribution in [0.3, 0.4) is 0 Å². The van der Waals surface area contributed by atoms with Crippen molar-refractivity contribution >= 4 is 10.0 Å². The van der Waals surface area contributed by atoms with Crippen LogP contribution in [-0.4, -0.2) is 20.1 Å². The van der Waals surface area contributed by atoms with E-state index in [0.29, 0.717) is 18.0 Å². The largest absolute Gasteiger partial charge is 0.361 e. The first kappa shape index (κ1) is 18.1. The number of hydrogen-bond donors (Lipinski definition) is 1. The van der Waals surface area contributed by atoms with Gasteiger partial charge in [0.1, 0.15) is 17.2 Å². The minimum Gasteiger partial charge on any atom is -0.361 e. The number of nitrogens with zero attached hydrogens (tertiary/aromatic N) is 1. The summed E-state index contributed by atoms with van der Waals surface area (Å²) >= 11 is 0. The lowest BCUT2D eigenvalue weighted by Gasteiger charge is -2.42. The van der Waals surface area contributed by atoms with Gasteiger partial charge >= 0.3 is 0 Å². The van der Waals surface area contributed by atoms with Gasteiger partial charge in [-0.2, -0.15) is 0 Å². The van der Waals surface area contributed by atoms with E-state index in [9.17, 15) is 8.42 Å². The van der Waals surface area contributed by atoms with E-state index in [1.54, 1.807) is 6.07 Å². The second kappa shape index (κ2) is 6.57. The molecule has 0 aliphatic heterocycles. The summed E-state index contributed by atoms with van der Waals surface area (Å²) in [5.74, 6) is 0.537. The van der Waals surface area contributed by atoms with Crippen molar-refractivity contribution < 1.29 is 12.9 Å².